The second kappa shape index (κ2) is 7.98. The van der Waals surface area contributed by atoms with Crippen LogP contribution in [0.5, 0.6) is 0 Å². The van der Waals surface area contributed by atoms with Gasteiger partial charge in [0.05, 0.1) is 27.0 Å². The standard InChI is InChI=1S/C22H16ClN3O4S/c1-31(29,30)16-6-4-5-14(11-16)15-9-10-18(24-13-15)21-12-19(22(27)28)25-26(21)20-8-3-2-7-17(20)23/h2-13H,1H3,(H,27,28). The third-order valence-corrected chi connectivity index (χ3v) is 6.06. The highest BCUT2D eigenvalue weighted by Gasteiger charge is 2.18. The van der Waals surface area contributed by atoms with E-state index >= 15 is 0 Å². The van der Waals surface area contributed by atoms with Gasteiger partial charge in [-0.15, -0.1) is 0 Å². The molecule has 0 radical (unpaired) electrons. The SMILES string of the molecule is CS(=O)(=O)c1cccc(-c2ccc(-c3cc(C(=O)O)nn3-c3ccccc3Cl)nc2)c1. The molecule has 0 saturated heterocycles. The summed E-state index contributed by atoms with van der Waals surface area (Å²) in [5.74, 6) is -1.17. The molecule has 0 aliphatic heterocycles. The van der Waals surface area contributed by atoms with Crippen molar-refractivity contribution in [3.05, 3.63) is 83.6 Å². The Balaban J connectivity index is 1.78. The van der Waals surface area contributed by atoms with E-state index < -0.39 is 15.8 Å². The van der Waals surface area contributed by atoms with Crippen molar-refractivity contribution >= 4 is 27.4 Å². The topological polar surface area (TPSA) is 102 Å². The number of carboxylic acid groups (broad SMARTS) is 1. The lowest BCUT2D eigenvalue weighted by molar-refractivity contribution is 0.0690. The molecule has 0 aliphatic carbocycles. The highest BCUT2D eigenvalue weighted by molar-refractivity contribution is 7.90. The van der Waals surface area contributed by atoms with Crippen LogP contribution in [0.1, 0.15) is 10.5 Å². The first-order chi connectivity index (χ1) is 14.7. The average molecular weight is 454 g/mol. The number of aromatic carboxylic acids is 1. The number of carbonyl (C=O) groups is 1. The molecule has 4 aromatic rings. The van der Waals surface area contributed by atoms with Crippen molar-refractivity contribution in [2.24, 2.45) is 0 Å². The van der Waals surface area contributed by atoms with Crippen molar-refractivity contribution in [2.45, 2.75) is 4.90 Å². The van der Waals surface area contributed by atoms with Gasteiger partial charge in [-0.2, -0.15) is 5.10 Å². The number of hydrogen-bond donors (Lipinski definition) is 1. The van der Waals surface area contributed by atoms with Crippen LogP contribution in [-0.2, 0) is 9.84 Å². The second-order valence-electron chi connectivity index (χ2n) is 6.82. The predicted molar refractivity (Wildman–Crippen MR) is 117 cm³/mol. The van der Waals surface area contributed by atoms with Crippen LogP contribution in [0.3, 0.4) is 0 Å². The van der Waals surface area contributed by atoms with E-state index in [-0.39, 0.29) is 10.6 Å². The maximum absolute atomic E-state index is 11.8. The molecule has 4 rings (SSSR count). The van der Waals surface area contributed by atoms with Crippen LogP contribution in [0, 0.1) is 0 Å². The first kappa shape index (κ1) is 20.8. The number of halogens is 1. The molecule has 2 aromatic carbocycles. The summed E-state index contributed by atoms with van der Waals surface area (Å²) in [5.41, 5.74) is 2.76. The van der Waals surface area contributed by atoms with E-state index in [4.69, 9.17) is 11.6 Å². The Morgan fingerprint density at radius 3 is 2.42 bits per heavy atom. The number of hydrogen-bond acceptors (Lipinski definition) is 5. The van der Waals surface area contributed by atoms with Gasteiger partial charge in [0.2, 0.25) is 0 Å². The predicted octanol–water partition coefficient (Wildman–Crippen LogP) is 4.36. The molecular formula is C22H16ClN3O4S. The van der Waals surface area contributed by atoms with E-state index in [0.29, 0.717) is 27.7 Å². The highest BCUT2D eigenvalue weighted by atomic mass is 35.5. The zero-order valence-corrected chi connectivity index (χ0v) is 17.8. The molecule has 9 heteroatoms. The van der Waals surface area contributed by atoms with Crippen molar-refractivity contribution in [1.29, 1.82) is 0 Å². The monoisotopic (exact) mass is 453 g/mol. The van der Waals surface area contributed by atoms with Crippen LogP contribution in [-0.4, -0.2) is 40.5 Å². The van der Waals surface area contributed by atoms with Gasteiger partial charge in [-0.1, -0.05) is 41.9 Å². The minimum Gasteiger partial charge on any atom is -0.476 e. The van der Waals surface area contributed by atoms with Gasteiger partial charge >= 0.3 is 5.97 Å². The van der Waals surface area contributed by atoms with E-state index in [9.17, 15) is 18.3 Å². The van der Waals surface area contributed by atoms with Crippen molar-refractivity contribution in [3.63, 3.8) is 0 Å². The molecule has 2 aromatic heterocycles. The van der Waals surface area contributed by atoms with Crippen LogP contribution in [0.25, 0.3) is 28.2 Å². The van der Waals surface area contributed by atoms with Gasteiger partial charge in [-0.05, 0) is 35.9 Å². The first-order valence-electron chi connectivity index (χ1n) is 9.09. The fourth-order valence-electron chi connectivity index (χ4n) is 3.10. The van der Waals surface area contributed by atoms with Crippen LogP contribution >= 0.6 is 11.6 Å². The molecule has 156 valence electrons. The van der Waals surface area contributed by atoms with Gasteiger partial charge in [-0.3, -0.25) is 4.98 Å². The minimum absolute atomic E-state index is 0.137. The molecule has 0 unspecified atom stereocenters. The summed E-state index contributed by atoms with van der Waals surface area (Å²) in [6.07, 6.45) is 2.75. The summed E-state index contributed by atoms with van der Waals surface area (Å²) in [7, 11) is -3.33. The Labute approximate surface area is 183 Å². The summed E-state index contributed by atoms with van der Waals surface area (Å²) < 4.78 is 25.1. The zero-order chi connectivity index (χ0) is 22.2. The summed E-state index contributed by atoms with van der Waals surface area (Å²) in [4.78, 5) is 16.2. The number of benzene rings is 2. The number of rotatable bonds is 5. The Kier molecular flexibility index (Phi) is 5.34. The Hall–Kier alpha value is -3.49. The van der Waals surface area contributed by atoms with Crippen LogP contribution in [0.15, 0.2) is 77.8 Å². The Morgan fingerprint density at radius 1 is 1.00 bits per heavy atom. The average Bonchev–Trinajstić information content (AvgIpc) is 3.19. The third-order valence-electron chi connectivity index (χ3n) is 4.63. The molecular weight excluding hydrogens is 438 g/mol. The maximum Gasteiger partial charge on any atom is 0.356 e. The van der Waals surface area contributed by atoms with Crippen LogP contribution < -0.4 is 0 Å². The van der Waals surface area contributed by atoms with Crippen LogP contribution in [0.4, 0.5) is 0 Å². The van der Waals surface area contributed by atoms with Crippen LogP contribution in [0.2, 0.25) is 5.02 Å². The smallest absolute Gasteiger partial charge is 0.356 e. The molecule has 0 spiro atoms. The van der Waals surface area contributed by atoms with Crippen molar-refractivity contribution < 1.29 is 18.3 Å². The molecule has 7 nitrogen and oxygen atoms in total. The fourth-order valence-corrected chi connectivity index (χ4v) is 3.98. The van der Waals surface area contributed by atoms with E-state index in [1.165, 1.54) is 16.8 Å². The maximum atomic E-state index is 11.8. The van der Waals surface area contributed by atoms with E-state index in [2.05, 4.69) is 10.1 Å². The van der Waals surface area contributed by atoms with Gasteiger partial charge in [0.15, 0.2) is 15.5 Å². The van der Waals surface area contributed by atoms with E-state index in [1.54, 1.807) is 60.8 Å². The number of aromatic nitrogens is 3. The number of sulfone groups is 1. The molecule has 0 fully saturated rings. The van der Waals surface area contributed by atoms with Gasteiger partial charge in [-0.25, -0.2) is 17.9 Å². The molecule has 1 N–H and O–H groups in total. The fraction of sp³-hybridized carbons (Fsp3) is 0.0455. The summed E-state index contributed by atoms with van der Waals surface area (Å²) in [5, 5.41) is 14.0. The third kappa shape index (κ3) is 4.21. The van der Waals surface area contributed by atoms with E-state index in [1.807, 2.05) is 0 Å². The molecule has 31 heavy (non-hydrogen) atoms. The highest BCUT2D eigenvalue weighted by Crippen LogP contribution is 2.29. The lowest BCUT2D eigenvalue weighted by Gasteiger charge is -2.09. The van der Waals surface area contributed by atoms with Gasteiger partial charge in [0, 0.05) is 24.1 Å². The molecule has 0 saturated carbocycles. The van der Waals surface area contributed by atoms with Crippen molar-refractivity contribution in [3.8, 4) is 28.2 Å². The van der Waals surface area contributed by atoms with Crippen molar-refractivity contribution in [2.75, 3.05) is 6.26 Å². The molecule has 0 amide bonds. The second-order valence-corrected chi connectivity index (χ2v) is 9.24. The minimum atomic E-state index is -3.33. The van der Waals surface area contributed by atoms with Crippen molar-refractivity contribution in [1.82, 2.24) is 14.8 Å². The number of para-hydroxylation sites is 1. The molecule has 2 heterocycles. The molecule has 0 aliphatic rings. The zero-order valence-electron chi connectivity index (χ0n) is 16.2. The lowest BCUT2D eigenvalue weighted by atomic mass is 10.1. The molecule has 0 atom stereocenters. The Morgan fingerprint density at radius 2 is 1.77 bits per heavy atom. The number of pyridine rings is 1. The number of carboxylic acids is 1. The summed E-state index contributed by atoms with van der Waals surface area (Å²) in [6, 6.07) is 18.5. The quantitative estimate of drug-likeness (QED) is 0.481. The van der Waals surface area contributed by atoms with Gasteiger partial charge < -0.3 is 5.11 Å². The van der Waals surface area contributed by atoms with Gasteiger partial charge in [0.25, 0.3) is 0 Å². The lowest BCUT2D eigenvalue weighted by Crippen LogP contribution is -2.03. The Bertz CT molecular complexity index is 1400. The van der Waals surface area contributed by atoms with E-state index in [0.717, 1.165) is 11.8 Å². The first-order valence-corrected chi connectivity index (χ1v) is 11.4. The number of nitrogens with zero attached hydrogens (tertiary/aromatic N) is 3. The van der Waals surface area contributed by atoms with Gasteiger partial charge in [0.1, 0.15) is 0 Å². The summed E-state index contributed by atoms with van der Waals surface area (Å²) >= 11 is 6.29. The summed E-state index contributed by atoms with van der Waals surface area (Å²) in [6.45, 7) is 0. The molecule has 0 bridgehead atoms. The largest absolute Gasteiger partial charge is 0.476 e. The normalized spacial score (nSPS) is 11.4.